The molecule has 0 radical (unpaired) electrons. The summed E-state index contributed by atoms with van der Waals surface area (Å²) in [6.45, 7) is 3.56. The van der Waals surface area contributed by atoms with Gasteiger partial charge >= 0.3 is 0 Å². The Morgan fingerprint density at radius 2 is 1.74 bits per heavy atom. The van der Waals surface area contributed by atoms with E-state index in [2.05, 4.69) is 39.0 Å². The number of imidazole rings is 1. The molecule has 0 bridgehead atoms. The number of nitrogens with zero attached hydrogens (tertiary/aromatic N) is 3. The summed E-state index contributed by atoms with van der Waals surface area (Å²) in [5, 5.41) is 4.49. The minimum Gasteiger partial charge on any atom is -0.352 e. The van der Waals surface area contributed by atoms with Crippen molar-refractivity contribution in [1.82, 2.24) is 19.8 Å². The molecule has 0 spiro atoms. The van der Waals surface area contributed by atoms with Gasteiger partial charge in [0.25, 0.3) is 0 Å². The van der Waals surface area contributed by atoms with E-state index in [9.17, 15) is 4.79 Å². The number of fused-ring (bicyclic) bond motifs is 1. The Kier molecular flexibility index (Phi) is 7.37. The van der Waals surface area contributed by atoms with Gasteiger partial charge in [0.05, 0.1) is 23.5 Å². The van der Waals surface area contributed by atoms with Crippen LogP contribution in [0.15, 0.2) is 72.8 Å². The minimum absolute atomic E-state index is 0.0414. The van der Waals surface area contributed by atoms with Crippen LogP contribution in [0.5, 0.6) is 0 Å². The molecular formula is C28H28Cl2N4O. The van der Waals surface area contributed by atoms with Gasteiger partial charge in [0, 0.05) is 29.7 Å². The molecule has 35 heavy (non-hydrogen) atoms. The van der Waals surface area contributed by atoms with E-state index in [0.29, 0.717) is 18.1 Å². The molecule has 1 fully saturated rings. The van der Waals surface area contributed by atoms with Gasteiger partial charge in [-0.2, -0.15) is 0 Å². The van der Waals surface area contributed by atoms with Gasteiger partial charge in [0.2, 0.25) is 5.91 Å². The number of carbonyl (C=O) groups is 1. The molecule has 4 aromatic rings. The fourth-order valence-electron chi connectivity index (χ4n) is 4.78. The van der Waals surface area contributed by atoms with Crippen LogP contribution in [0.4, 0.5) is 0 Å². The lowest BCUT2D eigenvalue weighted by molar-refractivity contribution is -0.127. The molecule has 0 saturated carbocycles. The molecule has 1 aromatic heterocycles. The molecule has 1 atom stereocenters. The fraction of sp³-hybridized carbons (Fsp3) is 0.286. The molecule has 1 amide bonds. The molecule has 2 heterocycles. The quantitative estimate of drug-likeness (QED) is 0.338. The standard InChI is InChI=1S/C28H28Cl2N4O/c29-23-13-11-20(12-14-23)17-34-26-10-4-3-9-25(26)32-27(34)19-33-15-5-7-22(18-33)28(35)31-16-21-6-1-2-8-24(21)30/h1-4,6,8-14,22H,5,7,15-19H2,(H,31,35)/t22-/m0/s1. The summed E-state index contributed by atoms with van der Waals surface area (Å²) in [5.74, 6) is 1.06. The van der Waals surface area contributed by atoms with Gasteiger partial charge in [-0.05, 0) is 60.8 Å². The van der Waals surface area contributed by atoms with Crippen LogP contribution in [0.1, 0.15) is 29.8 Å². The predicted octanol–water partition coefficient (Wildman–Crippen LogP) is 5.92. The van der Waals surface area contributed by atoms with Crippen molar-refractivity contribution in [3.63, 3.8) is 0 Å². The van der Waals surface area contributed by atoms with Gasteiger partial charge in [-0.15, -0.1) is 0 Å². The van der Waals surface area contributed by atoms with Crippen LogP contribution in [0, 0.1) is 5.92 Å². The maximum absolute atomic E-state index is 12.9. The number of hydrogen-bond donors (Lipinski definition) is 1. The highest BCUT2D eigenvalue weighted by Crippen LogP contribution is 2.23. The Hall–Kier alpha value is -2.86. The monoisotopic (exact) mass is 506 g/mol. The Morgan fingerprint density at radius 1 is 0.971 bits per heavy atom. The van der Waals surface area contributed by atoms with Crippen molar-refractivity contribution >= 4 is 40.1 Å². The van der Waals surface area contributed by atoms with Crippen molar-refractivity contribution < 1.29 is 4.79 Å². The van der Waals surface area contributed by atoms with E-state index in [4.69, 9.17) is 28.2 Å². The Morgan fingerprint density at radius 3 is 2.57 bits per heavy atom. The van der Waals surface area contributed by atoms with E-state index < -0.39 is 0 Å². The van der Waals surface area contributed by atoms with E-state index in [-0.39, 0.29) is 11.8 Å². The molecule has 1 aliphatic rings. The zero-order valence-corrected chi connectivity index (χ0v) is 21.0. The highest BCUT2D eigenvalue weighted by molar-refractivity contribution is 6.31. The first-order valence-corrected chi connectivity index (χ1v) is 12.7. The SMILES string of the molecule is O=C(NCc1ccccc1Cl)[C@H]1CCCN(Cc2nc3ccccc3n2Cc2ccc(Cl)cc2)C1. The zero-order valence-electron chi connectivity index (χ0n) is 19.5. The third kappa shape index (κ3) is 5.69. The minimum atomic E-state index is -0.0414. The number of hydrogen-bond acceptors (Lipinski definition) is 3. The Balaban J connectivity index is 1.29. The average molecular weight is 507 g/mol. The third-order valence-corrected chi connectivity index (χ3v) is 7.26. The second-order valence-electron chi connectivity index (χ2n) is 9.11. The second-order valence-corrected chi connectivity index (χ2v) is 9.96. The highest BCUT2D eigenvalue weighted by atomic mass is 35.5. The lowest BCUT2D eigenvalue weighted by atomic mass is 9.97. The molecule has 7 heteroatoms. The van der Waals surface area contributed by atoms with Gasteiger partial charge in [-0.25, -0.2) is 4.98 Å². The van der Waals surface area contributed by atoms with Crippen molar-refractivity contribution in [2.75, 3.05) is 13.1 Å². The molecule has 1 aliphatic heterocycles. The largest absolute Gasteiger partial charge is 0.352 e. The van der Waals surface area contributed by atoms with Crippen molar-refractivity contribution in [2.24, 2.45) is 5.92 Å². The number of benzene rings is 3. The van der Waals surface area contributed by atoms with Crippen LogP contribution < -0.4 is 5.32 Å². The summed E-state index contributed by atoms with van der Waals surface area (Å²) >= 11 is 12.3. The van der Waals surface area contributed by atoms with Gasteiger partial charge in [0.15, 0.2) is 0 Å². The van der Waals surface area contributed by atoms with Crippen LogP contribution in [0.2, 0.25) is 10.0 Å². The Bertz CT molecular complexity index is 1320. The van der Waals surface area contributed by atoms with Crippen LogP contribution in [-0.2, 0) is 24.4 Å². The summed E-state index contributed by atoms with van der Waals surface area (Å²) in [4.78, 5) is 20.3. The molecule has 1 N–H and O–H groups in total. The topological polar surface area (TPSA) is 50.2 Å². The van der Waals surface area contributed by atoms with Crippen LogP contribution in [0.25, 0.3) is 11.0 Å². The number of amides is 1. The van der Waals surface area contributed by atoms with Crippen molar-refractivity contribution in [3.05, 3.63) is 99.8 Å². The summed E-state index contributed by atoms with van der Waals surface area (Å²) in [5.41, 5.74) is 4.21. The second kappa shape index (κ2) is 10.8. The van der Waals surface area contributed by atoms with E-state index in [0.717, 1.165) is 59.9 Å². The number of rotatable bonds is 7. The lowest BCUT2D eigenvalue weighted by Gasteiger charge is -2.31. The van der Waals surface area contributed by atoms with Crippen LogP contribution in [-0.4, -0.2) is 33.4 Å². The molecule has 0 unspecified atom stereocenters. The number of carbonyl (C=O) groups excluding carboxylic acids is 1. The van der Waals surface area contributed by atoms with Gasteiger partial charge < -0.3 is 9.88 Å². The van der Waals surface area contributed by atoms with Crippen molar-refractivity contribution in [2.45, 2.75) is 32.5 Å². The van der Waals surface area contributed by atoms with E-state index in [1.54, 1.807) is 0 Å². The third-order valence-electron chi connectivity index (χ3n) is 6.64. The lowest BCUT2D eigenvalue weighted by Crippen LogP contribution is -2.42. The summed E-state index contributed by atoms with van der Waals surface area (Å²) in [7, 11) is 0. The average Bonchev–Trinajstić information content (AvgIpc) is 3.21. The number of para-hydroxylation sites is 2. The Labute approximate surface area is 215 Å². The molecular weight excluding hydrogens is 479 g/mol. The molecule has 3 aromatic carbocycles. The van der Waals surface area contributed by atoms with Gasteiger partial charge in [0.1, 0.15) is 5.82 Å². The molecule has 180 valence electrons. The van der Waals surface area contributed by atoms with Gasteiger partial charge in [-0.3, -0.25) is 9.69 Å². The number of likely N-dealkylation sites (tertiary alicyclic amines) is 1. The normalized spacial score (nSPS) is 16.5. The number of nitrogens with one attached hydrogen (secondary N) is 1. The summed E-state index contributed by atoms with van der Waals surface area (Å²) in [6, 6.07) is 23.8. The maximum atomic E-state index is 12.9. The fourth-order valence-corrected chi connectivity index (χ4v) is 5.11. The zero-order chi connectivity index (χ0) is 24.2. The number of halogens is 2. The molecule has 5 rings (SSSR count). The molecule has 5 nitrogen and oxygen atoms in total. The molecule has 0 aliphatic carbocycles. The summed E-state index contributed by atoms with van der Waals surface area (Å²) < 4.78 is 2.28. The highest BCUT2D eigenvalue weighted by Gasteiger charge is 2.27. The van der Waals surface area contributed by atoms with Crippen molar-refractivity contribution in [1.29, 1.82) is 0 Å². The summed E-state index contributed by atoms with van der Waals surface area (Å²) in [6.07, 6.45) is 1.88. The van der Waals surface area contributed by atoms with Crippen molar-refractivity contribution in [3.8, 4) is 0 Å². The van der Waals surface area contributed by atoms with Crippen LogP contribution >= 0.6 is 23.2 Å². The van der Waals surface area contributed by atoms with Gasteiger partial charge in [-0.1, -0.05) is 65.7 Å². The molecule has 1 saturated heterocycles. The van der Waals surface area contributed by atoms with E-state index >= 15 is 0 Å². The van der Waals surface area contributed by atoms with E-state index in [1.807, 2.05) is 48.5 Å². The first kappa shape index (κ1) is 23.9. The van der Waals surface area contributed by atoms with Crippen LogP contribution in [0.3, 0.4) is 0 Å². The van der Waals surface area contributed by atoms with E-state index in [1.165, 1.54) is 5.56 Å². The number of piperidine rings is 1. The maximum Gasteiger partial charge on any atom is 0.224 e. The smallest absolute Gasteiger partial charge is 0.224 e. The first-order chi connectivity index (χ1) is 17.1. The first-order valence-electron chi connectivity index (χ1n) is 12.0. The number of aromatic nitrogens is 2. The predicted molar refractivity (Wildman–Crippen MR) is 142 cm³/mol.